The number of hydrogen-bond donors (Lipinski definition) is 1. The molecule has 0 saturated carbocycles. The molecule has 0 atom stereocenters. The highest BCUT2D eigenvalue weighted by atomic mass is 19.1. The van der Waals surface area contributed by atoms with Gasteiger partial charge in [0.25, 0.3) is 5.52 Å². The van der Waals surface area contributed by atoms with Crippen LogP contribution in [0.5, 0.6) is 0 Å². The Bertz CT molecular complexity index is 981. The van der Waals surface area contributed by atoms with Gasteiger partial charge in [-0.25, -0.2) is 4.39 Å². The van der Waals surface area contributed by atoms with Crippen molar-refractivity contribution in [1.29, 1.82) is 0 Å². The summed E-state index contributed by atoms with van der Waals surface area (Å²) in [5, 5.41) is 15.0. The first-order valence-electron chi connectivity index (χ1n) is 9.70. The Morgan fingerprint density at radius 3 is 2.55 bits per heavy atom. The van der Waals surface area contributed by atoms with Crippen molar-refractivity contribution in [1.82, 2.24) is 10.2 Å². The van der Waals surface area contributed by atoms with E-state index >= 15 is 0 Å². The quantitative estimate of drug-likeness (QED) is 0.505. The van der Waals surface area contributed by atoms with Gasteiger partial charge in [0.05, 0.1) is 13.0 Å². The number of carbonyl (C=O) groups excluding carboxylic acids is 1. The van der Waals surface area contributed by atoms with Crippen molar-refractivity contribution in [2.45, 2.75) is 6.42 Å². The van der Waals surface area contributed by atoms with Crippen molar-refractivity contribution in [3.63, 3.8) is 0 Å². The number of piperazine rings is 1. The van der Waals surface area contributed by atoms with E-state index in [1.54, 1.807) is 30.3 Å². The summed E-state index contributed by atoms with van der Waals surface area (Å²) in [6.45, 7) is 3.75. The number of para-hydroxylation sites is 2. The van der Waals surface area contributed by atoms with E-state index in [0.717, 1.165) is 36.6 Å². The molecule has 1 amide bonds. The van der Waals surface area contributed by atoms with Crippen LogP contribution in [0.25, 0.3) is 11.1 Å². The van der Waals surface area contributed by atoms with Gasteiger partial charge >= 0.3 is 5.89 Å². The maximum atomic E-state index is 13.1. The SMILES string of the molecule is O=C(CN1CCN(c2ccc(F)cc2)CC1)NCCc1oc2ccccc2[n+]1[O-]. The van der Waals surface area contributed by atoms with Gasteiger partial charge in [-0.3, -0.25) is 9.69 Å². The molecule has 0 aliphatic carbocycles. The number of benzene rings is 2. The molecule has 0 spiro atoms. The highest BCUT2D eigenvalue weighted by Gasteiger charge is 2.20. The molecule has 1 saturated heterocycles. The van der Waals surface area contributed by atoms with Gasteiger partial charge in [-0.1, -0.05) is 12.1 Å². The Labute approximate surface area is 167 Å². The molecule has 2 heterocycles. The fourth-order valence-electron chi connectivity index (χ4n) is 3.55. The van der Waals surface area contributed by atoms with E-state index < -0.39 is 0 Å². The van der Waals surface area contributed by atoms with Gasteiger partial charge < -0.3 is 19.8 Å². The average molecular weight is 398 g/mol. The van der Waals surface area contributed by atoms with Crippen molar-refractivity contribution in [3.8, 4) is 0 Å². The van der Waals surface area contributed by atoms with E-state index in [1.807, 2.05) is 6.07 Å². The van der Waals surface area contributed by atoms with Crippen LogP contribution in [0.4, 0.5) is 10.1 Å². The lowest BCUT2D eigenvalue weighted by atomic mass is 10.2. The molecule has 4 rings (SSSR count). The lowest BCUT2D eigenvalue weighted by molar-refractivity contribution is -0.592. The minimum atomic E-state index is -0.241. The van der Waals surface area contributed by atoms with Gasteiger partial charge in [0.2, 0.25) is 11.5 Å². The van der Waals surface area contributed by atoms with Crippen molar-refractivity contribution in [3.05, 3.63) is 65.4 Å². The number of aromatic nitrogens is 1. The van der Waals surface area contributed by atoms with Crippen LogP contribution in [-0.2, 0) is 11.2 Å². The van der Waals surface area contributed by atoms with E-state index in [4.69, 9.17) is 4.42 Å². The summed E-state index contributed by atoms with van der Waals surface area (Å²) < 4.78 is 19.4. The van der Waals surface area contributed by atoms with Crippen LogP contribution < -0.4 is 14.9 Å². The smallest absolute Gasteiger partial charge is 0.361 e. The molecule has 3 aromatic rings. The average Bonchev–Trinajstić information content (AvgIpc) is 3.05. The maximum absolute atomic E-state index is 13.1. The van der Waals surface area contributed by atoms with Gasteiger partial charge in [0, 0.05) is 44.5 Å². The van der Waals surface area contributed by atoms with Crippen molar-refractivity contribution >= 4 is 22.7 Å². The number of amides is 1. The second kappa shape index (κ2) is 8.48. The molecule has 7 nitrogen and oxygen atoms in total. The standard InChI is InChI=1S/C21H23FN4O3/c22-16-5-7-17(8-6-16)25-13-11-24(12-14-25)15-20(27)23-10-9-21-26(28)18-3-1-2-4-19(18)29-21/h1-8H,9-15H2,(H,23,27). The van der Waals surface area contributed by atoms with Crippen molar-refractivity contribution < 1.29 is 18.3 Å². The van der Waals surface area contributed by atoms with Crippen LogP contribution in [0.1, 0.15) is 5.89 Å². The third-order valence-corrected chi connectivity index (χ3v) is 5.13. The van der Waals surface area contributed by atoms with E-state index in [-0.39, 0.29) is 11.7 Å². The number of nitrogens with one attached hydrogen (secondary N) is 1. The third kappa shape index (κ3) is 4.48. The monoisotopic (exact) mass is 398 g/mol. The Kier molecular flexibility index (Phi) is 5.62. The maximum Gasteiger partial charge on any atom is 0.361 e. The number of carbonyl (C=O) groups is 1. The van der Waals surface area contributed by atoms with E-state index in [2.05, 4.69) is 15.1 Å². The van der Waals surface area contributed by atoms with Crippen LogP contribution in [0.2, 0.25) is 0 Å². The molecule has 1 N–H and O–H groups in total. The van der Waals surface area contributed by atoms with Gasteiger partial charge in [0.1, 0.15) is 5.82 Å². The van der Waals surface area contributed by atoms with Crippen LogP contribution in [0, 0.1) is 11.0 Å². The van der Waals surface area contributed by atoms with Gasteiger partial charge in [-0.15, -0.1) is 4.73 Å². The molecule has 0 unspecified atom stereocenters. The summed E-state index contributed by atoms with van der Waals surface area (Å²) >= 11 is 0. The zero-order valence-corrected chi connectivity index (χ0v) is 16.0. The summed E-state index contributed by atoms with van der Waals surface area (Å²) in [4.78, 5) is 16.5. The van der Waals surface area contributed by atoms with Crippen LogP contribution in [0.15, 0.2) is 52.9 Å². The fraction of sp³-hybridized carbons (Fsp3) is 0.333. The molecular weight excluding hydrogens is 375 g/mol. The molecule has 29 heavy (non-hydrogen) atoms. The summed E-state index contributed by atoms with van der Waals surface area (Å²) in [5.41, 5.74) is 2.03. The Morgan fingerprint density at radius 2 is 1.83 bits per heavy atom. The molecule has 8 heteroatoms. The summed E-state index contributed by atoms with van der Waals surface area (Å²) in [5.74, 6) is -0.0255. The predicted molar refractivity (Wildman–Crippen MR) is 107 cm³/mol. The lowest BCUT2D eigenvalue weighted by Gasteiger charge is -2.35. The number of oxazole rings is 1. The fourth-order valence-corrected chi connectivity index (χ4v) is 3.55. The Morgan fingerprint density at radius 1 is 1.10 bits per heavy atom. The molecule has 0 bridgehead atoms. The van der Waals surface area contributed by atoms with E-state index in [0.29, 0.717) is 36.5 Å². The largest absolute Gasteiger partial charge is 0.616 e. The molecule has 152 valence electrons. The predicted octanol–water partition coefficient (Wildman–Crippen LogP) is 1.69. The molecule has 1 fully saturated rings. The normalized spacial score (nSPS) is 15.0. The third-order valence-electron chi connectivity index (χ3n) is 5.13. The second-order valence-corrected chi connectivity index (χ2v) is 7.10. The molecule has 1 aliphatic rings. The van der Waals surface area contributed by atoms with Gasteiger partial charge in [0.15, 0.2) is 0 Å². The summed E-state index contributed by atoms with van der Waals surface area (Å²) in [7, 11) is 0. The van der Waals surface area contributed by atoms with Gasteiger partial charge in [-0.2, -0.15) is 0 Å². The second-order valence-electron chi connectivity index (χ2n) is 7.10. The van der Waals surface area contributed by atoms with E-state index in [9.17, 15) is 14.4 Å². The number of anilines is 1. The topological polar surface area (TPSA) is 75.7 Å². The van der Waals surface area contributed by atoms with Gasteiger partial charge in [-0.05, 0) is 30.3 Å². The number of hydrogen-bond acceptors (Lipinski definition) is 5. The van der Waals surface area contributed by atoms with Crippen LogP contribution in [0.3, 0.4) is 0 Å². The molecule has 2 aromatic carbocycles. The summed E-state index contributed by atoms with van der Waals surface area (Å²) in [6, 6.07) is 13.5. The highest BCUT2D eigenvalue weighted by Crippen LogP contribution is 2.17. The number of fused-ring (bicyclic) bond motifs is 1. The highest BCUT2D eigenvalue weighted by molar-refractivity contribution is 5.78. The molecule has 1 aromatic heterocycles. The van der Waals surface area contributed by atoms with Crippen molar-refractivity contribution in [2.75, 3.05) is 44.2 Å². The first-order valence-corrected chi connectivity index (χ1v) is 9.70. The first-order chi connectivity index (χ1) is 14.1. The number of halogens is 1. The van der Waals surface area contributed by atoms with Crippen LogP contribution in [-0.4, -0.2) is 50.1 Å². The minimum Gasteiger partial charge on any atom is -0.616 e. The number of rotatable bonds is 6. The zero-order chi connectivity index (χ0) is 20.2. The molecular formula is C21H23FN4O3. The Hall–Kier alpha value is -3.13. The number of nitrogens with zero attached hydrogens (tertiary/aromatic N) is 3. The molecule has 0 radical (unpaired) electrons. The molecule has 1 aliphatic heterocycles. The van der Waals surface area contributed by atoms with Crippen molar-refractivity contribution in [2.24, 2.45) is 0 Å². The Balaban J connectivity index is 1.21. The summed E-state index contributed by atoms with van der Waals surface area (Å²) in [6.07, 6.45) is 0.336. The van der Waals surface area contributed by atoms with E-state index in [1.165, 1.54) is 12.1 Å². The lowest BCUT2D eigenvalue weighted by Crippen LogP contribution is -2.49. The first kappa shape index (κ1) is 19.2. The zero-order valence-electron chi connectivity index (χ0n) is 16.0. The van der Waals surface area contributed by atoms with Crippen LogP contribution >= 0.6 is 0 Å². The minimum absolute atomic E-state index is 0.0752.